The van der Waals surface area contributed by atoms with Gasteiger partial charge < -0.3 is 5.32 Å². The van der Waals surface area contributed by atoms with Crippen LogP contribution < -0.4 is 13.9 Å². The molecule has 0 saturated heterocycles. The quantitative estimate of drug-likeness (QED) is 0.542. The summed E-state index contributed by atoms with van der Waals surface area (Å²) >= 11 is 6.18. The van der Waals surface area contributed by atoms with E-state index in [0.717, 1.165) is 25.1 Å². The molecule has 5 nitrogen and oxygen atoms in total. The van der Waals surface area contributed by atoms with Gasteiger partial charge in [0.05, 0.1) is 22.1 Å². The van der Waals surface area contributed by atoms with Crippen LogP contribution in [0.1, 0.15) is 12.8 Å². The van der Waals surface area contributed by atoms with Gasteiger partial charge in [0, 0.05) is 6.54 Å². The van der Waals surface area contributed by atoms with Crippen LogP contribution >= 0.6 is 35.0 Å². The van der Waals surface area contributed by atoms with E-state index in [4.69, 9.17) is 11.6 Å². The van der Waals surface area contributed by atoms with Gasteiger partial charge in [-0.05, 0) is 67.7 Å². The molecule has 0 fully saturated rings. The molecule has 0 atom stereocenters. The summed E-state index contributed by atoms with van der Waals surface area (Å²) in [6, 6.07) is 11.2. The van der Waals surface area contributed by atoms with Crippen molar-refractivity contribution in [1.29, 1.82) is 0 Å². The number of nitrogens with zero attached hydrogens (tertiary/aromatic N) is 2. The Kier molecular flexibility index (Phi) is 7.01. The van der Waals surface area contributed by atoms with E-state index in [9.17, 15) is 13.5 Å². The van der Waals surface area contributed by atoms with Gasteiger partial charge in [0.2, 0.25) is 0 Å². The van der Waals surface area contributed by atoms with E-state index >= 15 is 0 Å². The highest BCUT2D eigenvalue weighted by atomic mass is 35.5. The smallest absolute Gasteiger partial charge is 0.124 e. The Morgan fingerprint density at radius 1 is 1.08 bits per heavy atom. The maximum atomic E-state index is 13.4. The average Bonchev–Trinajstić information content (AvgIpc) is 2.79. The van der Waals surface area contributed by atoms with E-state index in [1.165, 1.54) is 22.5 Å². The minimum atomic E-state index is -3.32. The monoisotopic (exact) mass is 421 g/mol. The maximum absolute atomic E-state index is 13.4. The van der Waals surface area contributed by atoms with Gasteiger partial charge in [0.1, 0.15) is 5.82 Å². The number of halogens is 3. The van der Waals surface area contributed by atoms with E-state index in [2.05, 4.69) is 5.32 Å². The zero-order valence-electron chi connectivity index (χ0n) is 14.2. The fraction of sp³-hybridized carbons (Fsp3) is 0.294. The highest BCUT2D eigenvalue weighted by molar-refractivity contribution is 8.27. The van der Waals surface area contributed by atoms with E-state index in [1.807, 2.05) is 25.2 Å². The topological polar surface area (TPSA) is 59.0 Å². The van der Waals surface area contributed by atoms with E-state index in [1.54, 1.807) is 10.4 Å². The standard InChI is InChI=1S/C17H21ClFN3O2S.ClH/c1-20-10-4-5-11-21-16-6-2-3-7-17(16)22(25(21,23)24)15-9-8-13(19)12-14(15)18;/h2-3,6-9,12,20,23-24H,4-5,10-11H2,1H3;1H. The van der Waals surface area contributed by atoms with E-state index < -0.39 is 16.8 Å². The molecule has 0 aliphatic carbocycles. The van der Waals surface area contributed by atoms with Crippen molar-refractivity contribution in [2.75, 3.05) is 28.7 Å². The summed E-state index contributed by atoms with van der Waals surface area (Å²) in [4.78, 5) is 0. The number of nitrogens with one attached hydrogen (secondary N) is 1. The second kappa shape index (κ2) is 8.65. The molecule has 1 aliphatic heterocycles. The summed E-state index contributed by atoms with van der Waals surface area (Å²) in [7, 11) is -1.44. The predicted molar refractivity (Wildman–Crippen MR) is 111 cm³/mol. The van der Waals surface area contributed by atoms with Crippen molar-refractivity contribution in [2.24, 2.45) is 0 Å². The van der Waals surface area contributed by atoms with Crippen LogP contribution in [0.25, 0.3) is 0 Å². The van der Waals surface area contributed by atoms with Gasteiger partial charge in [0.15, 0.2) is 0 Å². The van der Waals surface area contributed by atoms with Crippen LogP contribution in [0, 0.1) is 5.82 Å². The molecular weight excluding hydrogens is 400 g/mol. The number of rotatable bonds is 6. The molecule has 3 rings (SSSR count). The number of fused-ring (bicyclic) bond motifs is 1. The molecule has 26 heavy (non-hydrogen) atoms. The molecule has 0 unspecified atom stereocenters. The molecule has 0 spiro atoms. The van der Waals surface area contributed by atoms with Crippen LogP contribution in [-0.4, -0.2) is 29.2 Å². The Balaban J connectivity index is 0.00000243. The van der Waals surface area contributed by atoms with Gasteiger partial charge >= 0.3 is 0 Å². The van der Waals surface area contributed by atoms with E-state index in [-0.39, 0.29) is 17.4 Å². The Morgan fingerprint density at radius 3 is 2.42 bits per heavy atom. The Hall–Kier alpha value is -1.22. The van der Waals surface area contributed by atoms with Crippen LogP contribution in [0.5, 0.6) is 0 Å². The van der Waals surface area contributed by atoms with Gasteiger partial charge in [0.25, 0.3) is 0 Å². The first-order valence-electron chi connectivity index (χ1n) is 8.01. The molecule has 9 heteroatoms. The SMILES string of the molecule is CNCCCCN1c2ccccc2N(c2ccc(F)cc2Cl)S1(O)O.Cl. The van der Waals surface area contributed by atoms with Gasteiger partial charge in [-0.1, -0.05) is 23.7 Å². The van der Waals surface area contributed by atoms with Crippen molar-refractivity contribution >= 4 is 52.0 Å². The lowest BCUT2D eigenvalue weighted by atomic mass is 10.2. The van der Waals surface area contributed by atoms with Gasteiger partial charge in [-0.2, -0.15) is 0 Å². The van der Waals surface area contributed by atoms with Crippen LogP contribution in [0.15, 0.2) is 42.5 Å². The summed E-state index contributed by atoms with van der Waals surface area (Å²) in [5, 5.41) is 3.21. The Bertz CT molecular complexity index is 767. The number of anilines is 3. The van der Waals surface area contributed by atoms with Crippen molar-refractivity contribution in [2.45, 2.75) is 12.8 Å². The first-order valence-corrected chi connectivity index (χ1v) is 9.85. The molecule has 0 bridgehead atoms. The van der Waals surface area contributed by atoms with Crippen molar-refractivity contribution in [1.82, 2.24) is 5.32 Å². The molecule has 1 heterocycles. The first-order chi connectivity index (χ1) is 12.0. The van der Waals surface area contributed by atoms with Crippen LogP contribution in [0.3, 0.4) is 0 Å². The second-order valence-corrected chi connectivity index (χ2v) is 7.97. The highest BCUT2D eigenvalue weighted by Crippen LogP contribution is 2.64. The third kappa shape index (κ3) is 3.88. The minimum Gasteiger partial charge on any atom is -0.320 e. The lowest BCUT2D eigenvalue weighted by Gasteiger charge is -2.44. The third-order valence-electron chi connectivity index (χ3n) is 4.08. The molecule has 1 aliphatic rings. The lowest BCUT2D eigenvalue weighted by Crippen LogP contribution is -2.32. The minimum absolute atomic E-state index is 0. The second-order valence-electron chi connectivity index (χ2n) is 5.78. The molecule has 3 N–H and O–H groups in total. The van der Waals surface area contributed by atoms with Crippen LogP contribution in [0.2, 0.25) is 5.02 Å². The van der Waals surface area contributed by atoms with Crippen molar-refractivity contribution in [3.05, 3.63) is 53.3 Å². The van der Waals surface area contributed by atoms with Gasteiger partial charge in [-0.3, -0.25) is 13.4 Å². The van der Waals surface area contributed by atoms with Crippen LogP contribution in [-0.2, 0) is 0 Å². The highest BCUT2D eigenvalue weighted by Gasteiger charge is 2.41. The van der Waals surface area contributed by atoms with Gasteiger partial charge in [-0.25, -0.2) is 8.70 Å². The van der Waals surface area contributed by atoms with Crippen LogP contribution in [0.4, 0.5) is 21.5 Å². The number of benzene rings is 2. The molecule has 0 saturated carbocycles. The fourth-order valence-electron chi connectivity index (χ4n) is 2.92. The summed E-state index contributed by atoms with van der Waals surface area (Å²) in [6.45, 7) is 1.36. The number of hydrogen-bond donors (Lipinski definition) is 3. The summed E-state index contributed by atoms with van der Waals surface area (Å²) in [5.41, 5.74) is 1.74. The first kappa shape index (κ1) is 21.1. The zero-order valence-corrected chi connectivity index (χ0v) is 16.6. The molecule has 0 amide bonds. The van der Waals surface area contributed by atoms with Crippen molar-refractivity contribution in [3.8, 4) is 0 Å². The van der Waals surface area contributed by atoms with Gasteiger partial charge in [-0.15, -0.1) is 12.4 Å². The maximum Gasteiger partial charge on any atom is 0.124 e. The van der Waals surface area contributed by atoms with Crippen molar-refractivity contribution < 1.29 is 13.5 Å². The number of hydrogen-bond acceptors (Lipinski definition) is 5. The molecule has 2 aromatic carbocycles. The Labute approximate surface area is 165 Å². The Morgan fingerprint density at radius 2 is 1.77 bits per heavy atom. The number of para-hydroxylation sites is 2. The normalized spacial score (nSPS) is 16.2. The average molecular weight is 422 g/mol. The summed E-state index contributed by atoms with van der Waals surface area (Å²) in [5.74, 6) is -0.471. The van der Waals surface area contributed by atoms with Crippen molar-refractivity contribution in [3.63, 3.8) is 0 Å². The predicted octanol–water partition coefficient (Wildman–Crippen LogP) is 5.44. The fourth-order valence-corrected chi connectivity index (χ4v) is 5.05. The molecule has 0 radical (unpaired) electrons. The molecule has 2 aromatic rings. The zero-order chi connectivity index (χ0) is 18.0. The molecule has 0 aromatic heterocycles. The van der Waals surface area contributed by atoms with E-state index in [0.29, 0.717) is 17.9 Å². The molecule has 144 valence electrons. The summed E-state index contributed by atoms with van der Waals surface area (Å²) < 4.78 is 38.3. The largest absolute Gasteiger partial charge is 0.320 e. The number of unbranched alkanes of at least 4 members (excludes halogenated alkanes) is 1. The molecular formula is C17H22Cl2FN3O2S. The third-order valence-corrected chi connectivity index (χ3v) is 6.23. The lowest BCUT2D eigenvalue weighted by molar-refractivity contribution is 0.483. The summed E-state index contributed by atoms with van der Waals surface area (Å²) in [6.07, 6.45) is 1.72.